The van der Waals surface area contributed by atoms with Crippen LogP contribution in [-0.2, 0) is 6.54 Å². The lowest BCUT2D eigenvalue weighted by molar-refractivity contribution is 0.251. The molecular weight excluding hydrogens is 295 g/mol. The number of halogens is 1. The van der Waals surface area contributed by atoms with Crippen molar-refractivity contribution in [3.8, 4) is 5.75 Å². The third-order valence-corrected chi connectivity index (χ3v) is 3.21. The zero-order valence-corrected chi connectivity index (χ0v) is 13.4. The van der Waals surface area contributed by atoms with Gasteiger partial charge in [-0.3, -0.25) is 0 Å². The number of aryl methyl sites for hydroxylation is 1. The van der Waals surface area contributed by atoms with E-state index in [2.05, 4.69) is 10.6 Å². The van der Waals surface area contributed by atoms with Gasteiger partial charge >= 0.3 is 6.03 Å². The zero-order chi connectivity index (χ0) is 16.7. The van der Waals surface area contributed by atoms with Crippen molar-refractivity contribution < 1.29 is 13.9 Å². The molecule has 2 aromatic rings. The molecule has 5 heteroatoms. The van der Waals surface area contributed by atoms with E-state index >= 15 is 0 Å². The average molecular weight is 316 g/mol. The van der Waals surface area contributed by atoms with Gasteiger partial charge in [-0.15, -0.1) is 0 Å². The molecule has 2 aromatic carbocycles. The summed E-state index contributed by atoms with van der Waals surface area (Å²) in [5, 5.41) is 5.52. The van der Waals surface area contributed by atoms with Crippen LogP contribution in [0.3, 0.4) is 0 Å². The minimum Gasteiger partial charge on any atom is -0.491 e. The van der Waals surface area contributed by atoms with Crippen molar-refractivity contribution in [2.75, 3.05) is 11.9 Å². The largest absolute Gasteiger partial charge is 0.491 e. The van der Waals surface area contributed by atoms with E-state index < -0.39 is 0 Å². The fraction of sp³-hybridized carbons (Fsp3) is 0.278. The van der Waals surface area contributed by atoms with Crippen LogP contribution in [0.1, 0.15) is 24.5 Å². The fourth-order valence-electron chi connectivity index (χ4n) is 2.02. The first-order valence-electron chi connectivity index (χ1n) is 7.61. The highest BCUT2D eigenvalue weighted by atomic mass is 19.1. The van der Waals surface area contributed by atoms with E-state index in [1.807, 2.05) is 32.0 Å². The summed E-state index contributed by atoms with van der Waals surface area (Å²) >= 11 is 0. The summed E-state index contributed by atoms with van der Waals surface area (Å²) in [6, 6.07) is 11.3. The Morgan fingerprint density at radius 2 is 1.91 bits per heavy atom. The Bertz CT molecular complexity index is 657. The van der Waals surface area contributed by atoms with Crippen LogP contribution in [0.15, 0.2) is 42.5 Å². The SMILES string of the molecule is CCCOc1cc(C)ccc1NC(=O)NCc1ccc(F)cc1. The molecule has 0 aliphatic heterocycles. The third kappa shape index (κ3) is 5.29. The summed E-state index contributed by atoms with van der Waals surface area (Å²) in [4.78, 5) is 12.0. The summed E-state index contributed by atoms with van der Waals surface area (Å²) in [6.45, 7) is 4.91. The zero-order valence-electron chi connectivity index (χ0n) is 13.4. The van der Waals surface area contributed by atoms with E-state index in [1.165, 1.54) is 12.1 Å². The van der Waals surface area contributed by atoms with Crippen molar-refractivity contribution in [2.45, 2.75) is 26.8 Å². The Morgan fingerprint density at radius 1 is 1.17 bits per heavy atom. The number of carbonyl (C=O) groups is 1. The average Bonchev–Trinajstić information content (AvgIpc) is 2.54. The first-order valence-corrected chi connectivity index (χ1v) is 7.61. The second kappa shape index (κ2) is 8.17. The van der Waals surface area contributed by atoms with E-state index in [-0.39, 0.29) is 11.8 Å². The van der Waals surface area contributed by atoms with Gasteiger partial charge < -0.3 is 15.4 Å². The van der Waals surface area contributed by atoms with Gasteiger partial charge in [0.15, 0.2) is 0 Å². The first-order chi connectivity index (χ1) is 11.1. The number of anilines is 1. The molecule has 23 heavy (non-hydrogen) atoms. The molecule has 0 saturated carbocycles. The Labute approximate surface area is 135 Å². The lowest BCUT2D eigenvalue weighted by atomic mass is 10.2. The lowest BCUT2D eigenvalue weighted by Gasteiger charge is -2.13. The summed E-state index contributed by atoms with van der Waals surface area (Å²) < 4.78 is 18.5. The molecule has 0 aromatic heterocycles. The van der Waals surface area contributed by atoms with Gasteiger partial charge in [-0.1, -0.05) is 25.1 Å². The Morgan fingerprint density at radius 3 is 2.61 bits per heavy atom. The molecule has 0 saturated heterocycles. The number of hydrogen-bond acceptors (Lipinski definition) is 2. The van der Waals surface area contributed by atoms with Crippen LogP contribution >= 0.6 is 0 Å². The fourth-order valence-corrected chi connectivity index (χ4v) is 2.02. The standard InChI is InChI=1S/C18H21FN2O2/c1-3-10-23-17-11-13(2)4-9-16(17)21-18(22)20-12-14-5-7-15(19)8-6-14/h4-9,11H,3,10,12H2,1-2H3,(H2,20,21,22). The second-order valence-corrected chi connectivity index (χ2v) is 5.28. The Kier molecular flexibility index (Phi) is 5.97. The van der Waals surface area contributed by atoms with Gasteiger partial charge in [0, 0.05) is 6.54 Å². The highest BCUT2D eigenvalue weighted by molar-refractivity contribution is 5.90. The van der Waals surface area contributed by atoms with E-state index in [9.17, 15) is 9.18 Å². The molecule has 0 spiro atoms. The molecule has 0 aliphatic rings. The number of urea groups is 1. The summed E-state index contributed by atoms with van der Waals surface area (Å²) in [7, 11) is 0. The first kappa shape index (κ1) is 16.8. The predicted molar refractivity (Wildman–Crippen MR) is 89.2 cm³/mol. The summed E-state index contributed by atoms with van der Waals surface area (Å²) in [5.41, 5.74) is 2.52. The van der Waals surface area contributed by atoms with Crippen LogP contribution in [0.5, 0.6) is 5.75 Å². The van der Waals surface area contributed by atoms with Crippen molar-refractivity contribution in [1.82, 2.24) is 5.32 Å². The van der Waals surface area contributed by atoms with Gasteiger partial charge in [-0.05, 0) is 48.7 Å². The maximum atomic E-state index is 12.8. The molecule has 0 radical (unpaired) electrons. The predicted octanol–water partition coefficient (Wildman–Crippen LogP) is 4.24. The molecule has 2 N–H and O–H groups in total. The minimum absolute atomic E-state index is 0.296. The minimum atomic E-state index is -0.334. The maximum Gasteiger partial charge on any atom is 0.319 e. The van der Waals surface area contributed by atoms with E-state index in [4.69, 9.17) is 4.74 Å². The highest BCUT2D eigenvalue weighted by Gasteiger charge is 2.08. The van der Waals surface area contributed by atoms with Gasteiger partial charge in [0.05, 0.1) is 12.3 Å². The number of hydrogen-bond donors (Lipinski definition) is 2. The highest BCUT2D eigenvalue weighted by Crippen LogP contribution is 2.25. The van der Waals surface area contributed by atoms with Crippen molar-refractivity contribution in [3.63, 3.8) is 0 Å². The number of benzene rings is 2. The normalized spacial score (nSPS) is 10.2. The van der Waals surface area contributed by atoms with E-state index in [1.54, 1.807) is 12.1 Å². The van der Waals surface area contributed by atoms with Crippen LogP contribution in [-0.4, -0.2) is 12.6 Å². The molecule has 0 aliphatic carbocycles. The monoisotopic (exact) mass is 316 g/mol. The van der Waals surface area contributed by atoms with Crippen molar-refractivity contribution in [2.24, 2.45) is 0 Å². The molecule has 0 fully saturated rings. The summed E-state index contributed by atoms with van der Waals surface area (Å²) in [5.74, 6) is 0.361. The molecule has 122 valence electrons. The molecule has 0 atom stereocenters. The smallest absolute Gasteiger partial charge is 0.319 e. The van der Waals surface area contributed by atoms with Gasteiger partial charge in [-0.2, -0.15) is 0 Å². The van der Waals surface area contributed by atoms with Gasteiger partial charge in [-0.25, -0.2) is 9.18 Å². The van der Waals surface area contributed by atoms with Crippen molar-refractivity contribution in [3.05, 3.63) is 59.4 Å². The second-order valence-electron chi connectivity index (χ2n) is 5.28. The molecular formula is C18H21FN2O2. The van der Waals surface area contributed by atoms with Crippen LogP contribution in [0, 0.1) is 12.7 Å². The summed E-state index contributed by atoms with van der Waals surface area (Å²) in [6.07, 6.45) is 0.893. The third-order valence-electron chi connectivity index (χ3n) is 3.21. The number of carbonyl (C=O) groups excluding carboxylic acids is 1. The van der Waals surface area contributed by atoms with Crippen LogP contribution < -0.4 is 15.4 Å². The molecule has 0 heterocycles. The Balaban J connectivity index is 1.95. The van der Waals surface area contributed by atoms with E-state index in [0.717, 1.165) is 17.5 Å². The Hall–Kier alpha value is -2.56. The van der Waals surface area contributed by atoms with Crippen LogP contribution in [0.25, 0.3) is 0 Å². The molecule has 0 unspecified atom stereocenters. The van der Waals surface area contributed by atoms with Crippen LogP contribution in [0.2, 0.25) is 0 Å². The van der Waals surface area contributed by atoms with Gasteiger partial charge in [0.2, 0.25) is 0 Å². The van der Waals surface area contributed by atoms with Gasteiger partial charge in [0.25, 0.3) is 0 Å². The number of rotatable bonds is 6. The quantitative estimate of drug-likeness (QED) is 0.837. The maximum absolute atomic E-state index is 12.8. The van der Waals surface area contributed by atoms with E-state index in [0.29, 0.717) is 24.6 Å². The molecule has 2 amide bonds. The lowest BCUT2D eigenvalue weighted by Crippen LogP contribution is -2.28. The number of amides is 2. The molecule has 4 nitrogen and oxygen atoms in total. The van der Waals surface area contributed by atoms with Crippen LogP contribution in [0.4, 0.5) is 14.9 Å². The molecule has 0 bridgehead atoms. The van der Waals surface area contributed by atoms with Crippen molar-refractivity contribution in [1.29, 1.82) is 0 Å². The topological polar surface area (TPSA) is 50.4 Å². The molecule has 2 rings (SSSR count). The van der Waals surface area contributed by atoms with Crippen molar-refractivity contribution >= 4 is 11.7 Å². The number of ether oxygens (including phenoxy) is 1. The number of nitrogens with one attached hydrogen (secondary N) is 2. The van der Waals surface area contributed by atoms with Gasteiger partial charge in [0.1, 0.15) is 11.6 Å².